The third-order valence-electron chi connectivity index (χ3n) is 3.22. The summed E-state index contributed by atoms with van der Waals surface area (Å²) in [6.45, 7) is 1.30. The van der Waals surface area contributed by atoms with Crippen LogP contribution in [0.25, 0.3) is 0 Å². The lowest BCUT2D eigenvalue weighted by molar-refractivity contribution is -0.248. The van der Waals surface area contributed by atoms with E-state index in [0.717, 1.165) is 12.1 Å². The number of aliphatic hydroxyl groups is 1. The van der Waals surface area contributed by atoms with Gasteiger partial charge >= 0.3 is 6.18 Å². The van der Waals surface area contributed by atoms with Crippen LogP contribution in [-0.2, 0) is 10.4 Å². The fourth-order valence-electron chi connectivity index (χ4n) is 2.17. The van der Waals surface area contributed by atoms with Gasteiger partial charge in [0.1, 0.15) is 0 Å². The van der Waals surface area contributed by atoms with Crippen LogP contribution in [0.5, 0.6) is 0 Å². The number of amides is 1. The van der Waals surface area contributed by atoms with Crippen LogP contribution in [0.4, 0.5) is 18.9 Å². The first-order valence-electron chi connectivity index (χ1n) is 6.48. The summed E-state index contributed by atoms with van der Waals surface area (Å²) in [6.07, 6.45) is -4.89. The highest BCUT2D eigenvalue weighted by Gasteiger charge is 2.56. The smallest absolute Gasteiger partial charge is 0.372 e. The highest BCUT2D eigenvalue weighted by atomic mass is 19.4. The second kappa shape index (κ2) is 5.81. The number of halogens is 3. The molecule has 22 heavy (non-hydrogen) atoms. The van der Waals surface area contributed by atoms with Crippen molar-refractivity contribution in [2.45, 2.75) is 18.7 Å². The Morgan fingerprint density at radius 3 is 1.91 bits per heavy atom. The van der Waals surface area contributed by atoms with E-state index in [0.29, 0.717) is 5.69 Å². The zero-order valence-corrected chi connectivity index (χ0v) is 11.7. The molecule has 2 rings (SSSR count). The lowest BCUT2D eigenvalue weighted by Crippen LogP contribution is -2.43. The van der Waals surface area contributed by atoms with Crippen LogP contribution >= 0.6 is 0 Å². The number of carbonyl (C=O) groups excluding carboxylic acids is 1. The number of anilines is 1. The molecule has 6 heteroatoms. The van der Waals surface area contributed by atoms with Crippen LogP contribution in [0.2, 0.25) is 0 Å². The highest BCUT2D eigenvalue weighted by Crippen LogP contribution is 2.44. The van der Waals surface area contributed by atoms with E-state index in [-0.39, 0.29) is 17.0 Å². The summed E-state index contributed by atoms with van der Waals surface area (Å²) in [5.74, 6) is -0.332. The van der Waals surface area contributed by atoms with Gasteiger partial charge < -0.3 is 10.4 Å². The van der Waals surface area contributed by atoms with Crippen LogP contribution in [0.1, 0.15) is 18.1 Å². The standard InChI is InChI=1S/C16H14F3NO2/c1-11(21)20-14-9-7-13(8-10-14)15(22,16(17,18)19)12-5-3-2-4-6-12/h2-10,22H,1H3,(H,20,21). The first-order chi connectivity index (χ1) is 10.2. The summed E-state index contributed by atoms with van der Waals surface area (Å²) in [4.78, 5) is 10.9. The Morgan fingerprint density at radius 2 is 1.45 bits per heavy atom. The lowest BCUT2D eigenvalue weighted by atomic mass is 9.85. The van der Waals surface area contributed by atoms with Crippen molar-refractivity contribution in [1.82, 2.24) is 0 Å². The second-order valence-electron chi connectivity index (χ2n) is 4.83. The molecule has 0 spiro atoms. The number of hydrogen-bond acceptors (Lipinski definition) is 2. The Morgan fingerprint density at radius 1 is 0.955 bits per heavy atom. The van der Waals surface area contributed by atoms with Crippen molar-refractivity contribution < 1.29 is 23.1 Å². The normalized spacial score (nSPS) is 14.2. The zero-order chi connectivity index (χ0) is 16.4. The van der Waals surface area contributed by atoms with Crippen LogP contribution in [0.15, 0.2) is 54.6 Å². The minimum absolute atomic E-state index is 0.269. The number of benzene rings is 2. The van der Waals surface area contributed by atoms with Gasteiger partial charge in [-0.2, -0.15) is 13.2 Å². The van der Waals surface area contributed by atoms with Crippen LogP contribution in [0, 0.1) is 0 Å². The molecule has 0 bridgehead atoms. The first-order valence-corrected chi connectivity index (χ1v) is 6.48. The molecule has 0 fully saturated rings. The molecule has 3 nitrogen and oxygen atoms in total. The maximum atomic E-state index is 13.5. The van der Waals surface area contributed by atoms with Gasteiger partial charge in [0.05, 0.1) is 0 Å². The molecular weight excluding hydrogens is 295 g/mol. The van der Waals surface area contributed by atoms with Crippen LogP contribution in [0.3, 0.4) is 0 Å². The minimum atomic E-state index is -4.89. The van der Waals surface area contributed by atoms with Gasteiger partial charge in [-0.15, -0.1) is 0 Å². The molecule has 1 unspecified atom stereocenters. The monoisotopic (exact) mass is 309 g/mol. The predicted octanol–water partition coefficient (Wildman–Crippen LogP) is 3.44. The van der Waals surface area contributed by atoms with E-state index in [2.05, 4.69) is 5.32 Å². The van der Waals surface area contributed by atoms with E-state index in [1.54, 1.807) is 6.07 Å². The summed E-state index contributed by atoms with van der Waals surface area (Å²) in [6, 6.07) is 11.8. The van der Waals surface area contributed by atoms with Gasteiger partial charge in [0.2, 0.25) is 11.5 Å². The summed E-state index contributed by atoms with van der Waals surface area (Å²) in [5.41, 5.74) is -3.34. The molecule has 1 atom stereocenters. The molecule has 1 amide bonds. The fraction of sp³-hybridized carbons (Fsp3) is 0.188. The first kappa shape index (κ1) is 16.0. The predicted molar refractivity (Wildman–Crippen MR) is 76.2 cm³/mol. The number of carbonyl (C=O) groups is 1. The molecule has 0 aromatic heterocycles. The summed E-state index contributed by atoms with van der Waals surface area (Å²) < 4.78 is 40.4. The highest BCUT2D eigenvalue weighted by molar-refractivity contribution is 5.88. The van der Waals surface area contributed by atoms with Crippen molar-refractivity contribution in [3.8, 4) is 0 Å². The molecule has 2 aromatic rings. The molecule has 0 radical (unpaired) electrons. The van der Waals surface area contributed by atoms with E-state index >= 15 is 0 Å². The molecule has 0 aliphatic heterocycles. The van der Waals surface area contributed by atoms with E-state index < -0.39 is 11.8 Å². The number of alkyl halides is 3. The van der Waals surface area contributed by atoms with Gasteiger partial charge in [-0.05, 0) is 23.3 Å². The maximum absolute atomic E-state index is 13.5. The van der Waals surface area contributed by atoms with Crippen molar-refractivity contribution in [2.24, 2.45) is 0 Å². The summed E-state index contributed by atoms with van der Waals surface area (Å²) in [5, 5.41) is 12.8. The van der Waals surface area contributed by atoms with E-state index in [1.807, 2.05) is 0 Å². The van der Waals surface area contributed by atoms with Crippen molar-refractivity contribution in [2.75, 3.05) is 5.32 Å². The average molecular weight is 309 g/mol. The molecule has 2 N–H and O–H groups in total. The molecule has 0 saturated heterocycles. The SMILES string of the molecule is CC(=O)Nc1ccc(C(O)(c2ccccc2)C(F)(F)F)cc1. The molecule has 0 aliphatic carbocycles. The van der Waals surface area contributed by atoms with Gasteiger partial charge in [0, 0.05) is 12.6 Å². The van der Waals surface area contributed by atoms with Gasteiger partial charge in [-0.3, -0.25) is 4.79 Å². The molecule has 2 aromatic carbocycles. The zero-order valence-electron chi connectivity index (χ0n) is 11.7. The Hall–Kier alpha value is -2.34. The Balaban J connectivity index is 2.49. The number of hydrogen-bond donors (Lipinski definition) is 2. The quantitative estimate of drug-likeness (QED) is 0.912. The van der Waals surface area contributed by atoms with Crippen LogP contribution in [-0.4, -0.2) is 17.2 Å². The van der Waals surface area contributed by atoms with Gasteiger partial charge in [0.15, 0.2) is 0 Å². The van der Waals surface area contributed by atoms with Crippen molar-refractivity contribution in [1.29, 1.82) is 0 Å². The molecular formula is C16H14F3NO2. The summed E-state index contributed by atoms with van der Waals surface area (Å²) in [7, 11) is 0. The Kier molecular flexibility index (Phi) is 4.23. The van der Waals surface area contributed by atoms with Gasteiger partial charge in [-0.1, -0.05) is 42.5 Å². The topological polar surface area (TPSA) is 49.3 Å². The lowest BCUT2D eigenvalue weighted by Gasteiger charge is -2.31. The van der Waals surface area contributed by atoms with Crippen molar-refractivity contribution in [3.63, 3.8) is 0 Å². The molecule has 116 valence electrons. The van der Waals surface area contributed by atoms with Crippen molar-refractivity contribution in [3.05, 3.63) is 65.7 Å². The third-order valence-corrected chi connectivity index (χ3v) is 3.22. The van der Waals surface area contributed by atoms with E-state index in [1.165, 1.54) is 43.3 Å². The Bertz CT molecular complexity index is 653. The largest absolute Gasteiger partial charge is 0.425 e. The minimum Gasteiger partial charge on any atom is -0.372 e. The fourth-order valence-corrected chi connectivity index (χ4v) is 2.17. The summed E-state index contributed by atoms with van der Waals surface area (Å²) >= 11 is 0. The second-order valence-corrected chi connectivity index (χ2v) is 4.83. The van der Waals surface area contributed by atoms with E-state index in [9.17, 15) is 23.1 Å². The molecule has 0 aliphatic rings. The number of nitrogens with one attached hydrogen (secondary N) is 1. The Labute approximate surface area is 125 Å². The maximum Gasteiger partial charge on any atom is 0.425 e. The third kappa shape index (κ3) is 2.96. The van der Waals surface area contributed by atoms with Crippen molar-refractivity contribution >= 4 is 11.6 Å². The van der Waals surface area contributed by atoms with Crippen LogP contribution < -0.4 is 5.32 Å². The molecule has 0 heterocycles. The van der Waals surface area contributed by atoms with Gasteiger partial charge in [-0.25, -0.2) is 0 Å². The number of rotatable bonds is 3. The molecule has 0 saturated carbocycles. The average Bonchev–Trinajstić information content (AvgIpc) is 2.46. The van der Waals surface area contributed by atoms with E-state index in [4.69, 9.17) is 0 Å². The van der Waals surface area contributed by atoms with Gasteiger partial charge in [0.25, 0.3) is 0 Å².